The van der Waals surface area contributed by atoms with Gasteiger partial charge in [0.2, 0.25) is 0 Å². The second-order valence-electron chi connectivity index (χ2n) is 2.22. The predicted molar refractivity (Wildman–Crippen MR) is 45.3 cm³/mol. The van der Waals surface area contributed by atoms with Crippen molar-refractivity contribution in [3.05, 3.63) is 29.6 Å². The molecule has 0 fully saturated rings. The summed E-state index contributed by atoms with van der Waals surface area (Å²) < 4.78 is 35.6. The Balaban J connectivity index is 0.000000671. The van der Waals surface area contributed by atoms with Crippen molar-refractivity contribution in [1.82, 2.24) is 4.98 Å². The molecule has 0 aliphatic rings. The number of alkyl halides is 3. The topological polar surface area (TPSA) is 12.9 Å². The number of hydrogen-bond donors (Lipinski definition) is 0. The Kier molecular flexibility index (Phi) is 4.45. The van der Waals surface area contributed by atoms with Gasteiger partial charge < -0.3 is 0 Å². The maximum absolute atomic E-state index is 11.9. The van der Waals surface area contributed by atoms with Crippen molar-refractivity contribution in [3.8, 4) is 0 Å². The Morgan fingerprint density at radius 1 is 1.15 bits per heavy atom. The summed E-state index contributed by atoms with van der Waals surface area (Å²) in [5.41, 5.74) is -0.124. The highest BCUT2D eigenvalue weighted by Gasteiger charge is 2.31. The van der Waals surface area contributed by atoms with E-state index in [0.29, 0.717) is 0 Å². The van der Waals surface area contributed by atoms with E-state index in [4.69, 9.17) is 0 Å². The Bertz CT molecular complexity index is 238. The molecule has 1 aromatic heterocycles. The summed E-state index contributed by atoms with van der Waals surface area (Å²) in [6.07, 6.45) is -3.13. The Morgan fingerprint density at radius 3 is 2.00 bits per heavy atom. The van der Waals surface area contributed by atoms with Gasteiger partial charge in [-0.1, -0.05) is 19.9 Å². The summed E-state index contributed by atoms with van der Waals surface area (Å²) in [5, 5.41) is 0. The van der Waals surface area contributed by atoms with Gasteiger partial charge in [0.15, 0.2) is 0 Å². The molecular weight excluding hydrogens is 179 g/mol. The number of rotatable bonds is 0. The maximum atomic E-state index is 11.9. The van der Waals surface area contributed by atoms with Crippen LogP contribution in [-0.4, -0.2) is 4.98 Å². The van der Waals surface area contributed by atoms with Crippen molar-refractivity contribution in [1.29, 1.82) is 0 Å². The first kappa shape index (κ1) is 11.9. The Labute approximate surface area is 75.6 Å². The standard InChI is InChI=1S/C7H6F3N.C2H6/c1-5-2-3-6(11-4-5)7(8,9)10;1-2/h2-4H,1H3;1-2H3. The molecule has 13 heavy (non-hydrogen) atoms. The van der Waals surface area contributed by atoms with E-state index < -0.39 is 11.9 Å². The first-order valence-corrected chi connectivity index (χ1v) is 4.00. The van der Waals surface area contributed by atoms with E-state index in [1.54, 1.807) is 6.92 Å². The van der Waals surface area contributed by atoms with Crippen LogP contribution in [0.4, 0.5) is 13.2 Å². The average Bonchev–Trinajstić information content (AvgIpc) is 2.07. The molecule has 1 aromatic rings. The average molecular weight is 191 g/mol. The van der Waals surface area contributed by atoms with E-state index in [-0.39, 0.29) is 0 Å². The normalized spacial score (nSPS) is 10.3. The van der Waals surface area contributed by atoms with Gasteiger partial charge in [-0.3, -0.25) is 4.98 Å². The van der Waals surface area contributed by atoms with E-state index in [1.807, 2.05) is 13.8 Å². The van der Waals surface area contributed by atoms with Crippen LogP contribution < -0.4 is 0 Å². The first-order chi connectivity index (χ1) is 6.00. The summed E-state index contributed by atoms with van der Waals surface area (Å²) in [6.45, 7) is 5.69. The number of aryl methyl sites for hydroxylation is 1. The number of aromatic nitrogens is 1. The highest BCUT2D eigenvalue weighted by atomic mass is 19.4. The van der Waals surface area contributed by atoms with Crippen LogP contribution in [0.2, 0.25) is 0 Å². The molecule has 74 valence electrons. The van der Waals surface area contributed by atoms with Gasteiger partial charge in [-0.15, -0.1) is 0 Å². The molecule has 0 unspecified atom stereocenters. The van der Waals surface area contributed by atoms with Crippen LogP contribution in [0.3, 0.4) is 0 Å². The molecule has 0 spiro atoms. The van der Waals surface area contributed by atoms with E-state index in [2.05, 4.69) is 4.98 Å². The Hall–Kier alpha value is -1.06. The van der Waals surface area contributed by atoms with Crippen LogP contribution in [0.1, 0.15) is 25.1 Å². The van der Waals surface area contributed by atoms with Gasteiger partial charge in [0.1, 0.15) is 5.69 Å². The third-order valence-electron chi connectivity index (χ3n) is 1.20. The lowest BCUT2D eigenvalue weighted by molar-refractivity contribution is -0.141. The molecule has 0 saturated carbocycles. The Morgan fingerprint density at radius 2 is 1.69 bits per heavy atom. The van der Waals surface area contributed by atoms with Crippen LogP contribution in [0.5, 0.6) is 0 Å². The van der Waals surface area contributed by atoms with Crippen molar-refractivity contribution < 1.29 is 13.2 Å². The van der Waals surface area contributed by atoms with Crippen LogP contribution >= 0.6 is 0 Å². The molecule has 0 aromatic carbocycles. The zero-order chi connectivity index (χ0) is 10.5. The third-order valence-corrected chi connectivity index (χ3v) is 1.20. The molecular formula is C9H12F3N. The molecule has 0 aliphatic heterocycles. The zero-order valence-corrected chi connectivity index (χ0v) is 7.81. The fourth-order valence-corrected chi connectivity index (χ4v) is 0.635. The molecule has 4 heteroatoms. The molecule has 0 saturated heterocycles. The molecule has 0 radical (unpaired) electrons. The van der Waals surface area contributed by atoms with Crippen molar-refractivity contribution >= 4 is 0 Å². The van der Waals surface area contributed by atoms with Crippen LogP contribution in [0.25, 0.3) is 0 Å². The minimum absolute atomic E-state index is 0.720. The van der Waals surface area contributed by atoms with Gasteiger partial charge in [-0.05, 0) is 18.6 Å². The van der Waals surface area contributed by atoms with Crippen molar-refractivity contribution in [2.45, 2.75) is 26.9 Å². The molecule has 1 heterocycles. The minimum atomic E-state index is -4.33. The van der Waals surface area contributed by atoms with Gasteiger partial charge in [-0.2, -0.15) is 13.2 Å². The zero-order valence-electron chi connectivity index (χ0n) is 7.81. The molecule has 0 aliphatic carbocycles. The van der Waals surface area contributed by atoms with Gasteiger partial charge in [-0.25, -0.2) is 0 Å². The summed E-state index contributed by atoms with van der Waals surface area (Å²) >= 11 is 0. The van der Waals surface area contributed by atoms with E-state index in [9.17, 15) is 13.2 Å². The van der Waals surface area contributed by atoms with E-state index in [1.165, 1.54) is 12.3 Å². The number of nitrogens with zero attached hydrogens (tertiary/aromatic N) is 1. The lowest BCUT2D eigenvalue weighted by Gasteiger charge is -2.03. The largest absolute Gasteiger partial charge is 0.433 e. The maximum Gasteiger partial charge on any atom is 0.433 e. The fourth-order valence-electron chi connectivity index (χ4n) is 0.635. The highest BCUT2D eigenvalue weighted by molar-refractivity contribution is 5.14. The summed E-state index contributed by atoms with van der Waals surface area (Å²) in [4.78, 5) is 3.22. The molecule has 0 N–H and O–H groups in total. The smallest absolute Gasteiger partial charge is 0.252 e. The van der Waals surface area contributed by atoms with Crippen LogP contribution in [0, 0.1) is 6.92 Å². The van der Waals surface area contributed by atoms with E-state index >= 15 is 0 Å². The lowest BCUT2D eigenvalue weighted by atomic mass is 10.3. The molecule has 0 amide bonds. The van der Waals surface area contributed by atoms with Gasteiger partial charge in [0.25, 0.3) is 0 Å². The summed E-state index contributed by atoms with van der Waals surface area (Å²) in [6, 6.07) is 2.35. The second-order valence-corrected chi connectivity index (χ2v) is 2.22. The SMILES string of the molecule is CC.Cc1ccc(C(F)(F)F)nc1. The summed E-state index contributed by atoms with van der Waals surface area (Å²) in [7, 11) is 0. The minimum Gasteiger partial charge on any atom is -0.252 e. The van der Waals surface area contributed by atoms with Crippen molar-refractivity contribution in [2.24, 2.45) is 0 Å². The molecule has 0 bridgehead atoms. The van der Waals surface area contributed by atoms with Crippen LogP contribution in [0.15, 0.2) is 18.3 Å². The van der Waals surface area contributed by atoms with Gasteiger partial charge >= 0.3 is 6.18 Å². The van der Waals surface area contributed by atoms with Crippen molar-refractivity contribution in [3.63, 3.8) is 0 Å². The van der Waals surface area contributed by atoms with Crippen molar-refractivity contribution in [2.75, 3.05) is 0 Å². The number of halogens is 3. The predicted octanol–water partition coefficient (Wildman–Crippen LogP) is 3.44. The van der Waals surface area contributed by atoms with Gasteiger partial charge in [0.05, 0.1) is 0 Å². The fraction of sp³-hybridized carbons (Fsp3) is 0.444. The monoisotopic (exact) mass is 191 g/mol. The molecule has 1 nitrogen and oxygen atoms in total. The molecule has 1 rings (SSSR count). The highest BCUT2D eigenvalue weighted by Crippen LogP contribution is 2.26. The number of hydrogen-bond acceptors (Lipinski definition) is 1. The van der Waals surface area contributed by atoms with E-state index in [0.717, 1.165) is 11.6 Å². The third kappa shape index (κ3) is 3.92. The second kappa shape index (κ2) is 4.84. The lowest BCUT2D eigenvalue weighted by Crippen LogP contribution is -2.07. The molecule has 0 atom stereocenters. The number of pyridine rings is 1. The summed E-state index contributed by atoms with van der Waals surface area (Å²) in [5.74, 6) is 0. The van der Waals surface area contributed by atoms with Gasteiger partial charge in [0, 0.05) is 6.20 Å². The first-order valence-electron chi connectivity index (χ1n) is 4.00. The van der Waals surface area contributed by atoms with Crippen LogP contribution in [-0.2, 0) is 6.18 Å². The quantitative estimate of drug-likeness (QED) is 0.612.